The number of amides is 3. The molecule has 3 heterocycles. The van der Waals surface area contributed by atoms with E-state index in [-0.39, 0.29) is 30.9 Å². The summed E-state index contributed by atoms with van der Waals surface area (Å²) in [4.78, 5) is 48.8. The molecule has 2 unspecified atom stereocenters. The molecule has 1 N–H and O–H groups in total. The van der Waals surface area contributed by atoms with E-state index in [2.05, 4.69) is 13.2 Å². The van der Waals surface area contributed by atoms with E-state index in [1.165, 1.54) is 4.90 Å². The Morgan fingerprint density at radius 1 is 1.11 bits per heavy atom. The van der Waals surface area contributed by atoms with Gasteiger partial charge in [-0.15, -0.1) is 13.2 Å². The number of aliphatic hydroxyl groups excluding tert-OH is 1. The predicted octanol–water partition coefficient (Wildman–Crippen LogP) is 4.92. The van der Waals surface area contributed by atoms with Gasteiger partial charge in [0.05, 0.1) is 40.8 Å². The zero-order chi connectivity index (χ0) is 31.8. The fraction of sp³-hybridized carbons (Fsp3) is 0.457. The second-order valence-electron chi connectivity index (χ2n) is 12.4. The number of halogens is 1. The summed E-state index contributed by atoms with van der Waals surface area (Å²) < 4.78 is 6.86. The number of ether oxygens (including phenoxy) is 1. The second kappa shape index (κ2) is 12.5. The summed E-state index contributed by atoms with van der Waals surface area (Å²) in [6.45, 7) is 13.9. The van der Waals surface area contributed by atoms with E-state index >= 15 is 0 Å². The molecule has 2 bridgehead atoms. The lowest BCUT2D eigenvalue weighted by molar-refractivity contribution is -0.152. The van der Waals surface area contributed by atoms with Gasteiger partial charge in [0, 0.05) is 19.6 Å². The van der Waals surface area contributed by atoms with E-state index in [0.717, 1.165) is 11.1 Å². The summed E-state index contributed by atoms with van der Waals surface area (Å²) in [5.74, 6) is -2.60. The molecule has 3 amide bonds. The number of aryl methyl sites for hydroxylation is 1. The Kier molecular flexibility index (Phi) is 9.08. The molecule has 8 nitrogen and oxygen atoms in total. The van der Waals surface area contributed by atoms with Gasteiger partial charge in [-0.2, -0.15) is 0 Å². The molecule has 44 heavy (non-hydrogen) atoms. The number of rotatable bonds is 12. The van der Waals surface area contributed by atoms with Crippen LogP contribution < -0.4 is 4.90 Å². The lowest BCUT2D eigenvalue weighted by Crippen LogP contribution is -2.59. The van der Waals surface area contributed by atoms with E-state index in [0.29, 0.717) is 43.1 Å². The number of nitrogens with zero attached hydrogens (tertiary/aromatic N) is 3. The van der Waals surface area contributed by atoms with Gasteiger partial charge in [-0.1, -0.05) is 73.1 Å². The van der Waals surface area contributed by atoms with Crippen LogP contribution in [0.3, 0.4) is 0 Å². The highest BCUT2D eigenvalue weighted by atomic mass is 35.5. The van der Waals surface area contributed by atoms with Crippen LogP contribution in [0.2, 0.25) is 5.02 Å². The largest absolute Gasteiger partial charge is 0.394 e. The quantitative estimate of drug-likeness (QED) is 0.341. The summed E-state index contributed by atoms with van der Waals surface area (Å²) in [5.41, 5.74) is 0.107. The molecule has 9 heteroatoms. The summed E-state index contributed by atoms with van der Waals surface area (Å²) in [7, 11) is 0. The van der Waals surface area contributed by atoms with Crippen LogP contribution in [0, 0.1) is 18.8 Å². The Hall–Kier alpha value is -3.46. The van der Waals surface area contributed by atoms with Gasteiger partial charge in [-0.25, -0.2) is 0 Å². The van der Waals surface area contributed by atoms with Crippen molar-refractivity contribution >= 4 is 35.0 Å². The van der Waals surface area contributed by atoms with Crippen LogP contribution in [0.1, 0.15) is 44.2 Å². The maximum absolute atomic E-state index is 14.9. The Bertz CT molecular complexity index is 1420. The van der Waals surface area contributed by atoms with Crippen molar-refractivity contribution in [1.29, 1.82) is 0 Å². The minimum Gasteiger partial charge on any atom is -0.394 e. The summed E-state index contributed by atoms with van der Waals surface area (Å²) in [5, 5.41) is 10.8. The maximum atomic E-state index is 14.9. The molecular formula is C35H42ClN3O5. The highest BCUT2D eigenvalue weighted by Crippen LogP contribution is 2.64. The third-order valence-electron chi connectivity index (χ3n) is 9.70. The number of likely N-dealkylation sites (tertiary alicyclic amines) is 1. The third kappa shape index (κ3) is 5.07. The van der Waals surface area contributed by atoms with E-state index in [4.69, 9.17) is 16.3 Å². The molecule has 0 aliphatic carbocycles. The highest BCUT2D eigenvalue weighted by Gasteiger charge is 2.78. The van der Waals surface area contributed by atoms with Crippen LogP contribution in [0.5, 0.6) is 0 Å². The van der Waals surface area contributed by atoms with Crippen molar-refractivity contribution in [1.82, 2.24) is 9.80 Å². The SMILES string of the molecule is C=CCN(Cc1ccccc1)C(=O)[C@@H]1[C@H]2C(=O)N([C@@H](CC)CO)C(C(=O)N(CC=C)c3c(C)cccc3Cl)C23CC[C@@]1(C)O3. The zero-order valence-corrected chi connectivity index (χ0v) is 26.5. The van der Waals surface area contributed by atoms with Crippen LogP contribution in [-0.2, 0) is 25.7 Å². The number of para-hydroxylation sites is 1. The smallest absolute Gasteiger partial charge is 0.253 e. The number of hydrogen-bond acceptors (Lipinski definition) is 5. The van der Waals surface area contributed by atoms with E-state index < -0.39 is 35.1 Å². The average molecular weight is 620 g/mol. The summed E-state index contributed by atoms with van der Waals surface area (Å²) >= 11 is 6.66. The molecule has 0 saturated carbocycles. The first kappa shape index (κ1) is 31.9. The van der Waals surface area contributed by atoms with Crippen molar-refractivity contribution < 1.29 is 24.2 Å². The second-order valence-corrected chi connectivity index (χ2v) is 12.8. The van der Waals surface area contributed by atoms with Gasteiger partial charge in [0.1, 0.15) is 11.6 Å². The van der Waals surface area contributed by atoms with Gasteiger partial charge in [0.15, 0.2) is 0 Å². The monoisotopic (exact) mass is 619 g/mol. The van der Waals surface area contributed by atoms with Gasteiger partial charge < -0.3 is 24.5 Å². The first-order valence-electron chi connectivity index (χ1n) is 15.3. The van der Waals surface area contributed by atoms with Crippen molar-refractivity contribution in [2.75, 3.05) is 24.6 Å². The van der Waals surface area contributed by atoms with Crippen LogP contribution in [0.15, 0.2) is 73.8 Å². The normalized spacial score (nSPS) is 27.6. The lowest BCUT2D eigenvalue weighted by Gasteiger charge is -2.39. The van der Waals surface area contributed by atoms with E-state index in [9.17, 15) is 19.5 Å². The molecule has 5 rings (SSSR count). The molecule has 0 aromatic heterocycles. The number of carbonyl (C=O) groups is 3. The molecule has 6 atom stereocenters. The Balaban J connectivity index is 1.61. The summed E-state index contributed by atoms with van der Waals surface area (Å²) in [6, 6.07) is 13.4. The van der Waals surface area contributed by atoms with Crippen molar-refractivity contribution in [3.05, 3.63) is 90.0 Å². The molecule has 0 radical (unpaired) electrons. The van der Waals surface area contributed by atoms with E-state index in [1.54, 1.807) is 28.0 Å². The number of hydrogen-bond donors (Lipinski definition) is 1. The fourth-order valence-corrected chi connectivity index (χ4v) is 8.07. The number of benzene rings is 2. The maximum Gasteiger partial charge on any atom is 0.253 e. The zero-order valence-electron chi connectivity index (χ0n) is 25.7. The molecule has 234 valence electrons. The minimum atomic E-state index is -1.24. The summed E-state index contributed by atoms with van der Waals surface area (Å²) in [6.07, 6.45) is 4.67. The molecular weight excluding hydrogens is 578 g/mol. The Morgan fingerprint density at radius 3 is 2.43 bits per heavy atom. The van der Waals surface area contributed by atoms with Gasteiger partial charge in [0.2, 0.25) is 11.8 Å². The molecule has 3 saturated heterocycles. The molecule has 3 aliphatic heterocycles. The minimum absolute atomic E-state index is 0.155. The van der Waals surface area contributed by atoms with Gasteiger partial charge in [0.25, 0.3) is 5.91 Å². The van der Waals surface area contributed by atoms with Crippen molar-refractivity contribution in [2.45, 2.75) is 69.9 Å². The van der Waals surface area contributed by atoms with Crippen LogP contribution >= 0.6 is 11.6 Å². The number of carbonyl (C=O) groups excluding carboxylic acids is 3. The number of fused-ring (bicyclic) bond motifs is 1. The van der Waals surface area contributed by atoms with Gasteiger partial charge in [-0.3, -0.25) is 14.4 Å². The topological polar surface area (TPSA) is 90.4 Å². The standard InChI is InChI=1S/C35H42ClN3O5/c1-6-19-37(21-24-14-10-9-11-15-24)31(41)27-28-32(42)39(25(8-3)22-40)30(35(28)18-17-34(27,5)44-35)33(43)38(20-7-2)29-23(4)13-12-16-26(29)36/h6-7,9-16,25,27-28,30,40H,1-2,8,17-22H2,3-5H3/t25-,27-,28-,30?,34+,35?/m0/s1. The molecule has 2 aromatic rings. The predicted molar refractivity (Wildman–Crippen MR) is 171 cm³/mol. The lowest BCUT2D eigenvalue weighted by atomic mass is 9.66. The Labute approximate surface area is 264 Å². The highest BCUT2D eigenvalue weighted by molar-refractivity contribution is 6.34. The molecule has 3 aliphatic rings. The first-order chi connectivity index (χ1) is 21.1. The molecule has 1 spiro atoms. The number of anilines is 1. The average Bonchev–Trinajstić information content (AvgIpc) is 3.58. The van der Waals surface area contributed by atoms with Crippen molar-refractivity contribution in [3.63, 3.8) is 0 Å². The van der Waals surface area contributed by atoms with Crippen LogP contribution in [0.4, 0.5) is 5.69 Å². The molecule has 3 fully saturated rings. The number of aliphatic hydroxyl groups is 1. The van der Waals surface area contributed by atoms with Gasteiger partial charge in [-0.05, 0) is 50.3 Å². The van der Waals surface area contributed by atoms with Crippen LogP contribution in [-0.4, -0.2) is 75.6 Å². The fourth-order valence-electron chi connectivity index (χ4n) is 7.75. The van der Waals surface area contributed by atoms with Gasteiger partial charge >= 0.3 is 0 Å². The van der Waals surface area contributed by atoms with Crippen molar-refractivity contribution in [3.8, 4) is 0 Å². The molecule has 2 aromatic carbocycles. The first-order valence-corrected chi connectivity index (χ1v) is 15.7. The Morgan fingerprint density at radius 2 is 1.82 bits per heavy atom. The third-order valence-corrected chi connectivity index (χ3v) is 10.0. The van der Waals surface area contributed by atoms with Crippen molar-refractivity contribution in [2.24, 2.45) is 11.8 Å². The van der Waals surface area contributed by atoms with Crippen LogP contribution in [0.25, 0.3) is 0 Å². The van der Waals surface area contributed by atoms with E-state index in [1.807, 2.05) is 63.2 Å².